The summed E-state index contributed by atoms with van der Waals surface area (Å²) in [5, 5.41) is 11.6. The second-order valence-corrected chi connectivity index (χ2v) is 6.05. The van der Waals surface area contributed by atoms with Gasteiger partial charge in [-0.15, -0.1) is 0 Å². The molecule has 1 amide bonds. The van der Waals surface area contributed by atoms with E-state index in [1.807, 2.05) is 0 Å². The van der Waals surface area contributed by atoms with E-state index in [0.29, 0.717) is 0 Å². The summed E-state index contributed by atoms with van der Waals surface area (Å²) in [7, 11) is 0. The van der Waals surface area contributed by atoms with Gasteiger partial charge in [0.05, 0.1) is 24.3 Å². The standard InChI is InChI=1S/C17H23NO7/c1-5-23-15(21)12-8-11(14(19)20)9-13(10-12)24-7-6-18-16(22)25-17(2,3)4/h8-10H,5-7H2,1-4H3,(H,18,22)(H,19,20). The predicted octanol–water partition coefficient (Wildman–Crippen LogP) is 2.46. The third-order valence-electron chi connectivity index (χ3n) is 2.70. The third kappa shape index (κ3) is 7.56. The molecule has 0 saturated carbocycles. The van der Waals surface area contributed by atoms with Gasteiger partial charge >= 0.3 is 18.0 Å². The first-order chi connectivity index (χ1) is 11.6. The van der Waals surface area contributed by atoms with Gasteiger partial charge in [-0.1, -0.05) is 0 Å². The fraction of sp³-hybridized carbons (Fsp3) is 0.471. The number of aromatic carboxylic acids is 1. The predicted molar refractivity (Wildman–Crippen MR) is 89.1 cm³/mol. The Kier molecular flexibility index (Phi) is 7.22. The molecule has 0 atom stereocenters. The summed E-state index contributed by atoms with van der Waals surface area (Å²) < 4.78 is 15.3. The maximum absolute atomic E-state index is 11.8. The molecule has 1 rings (SSSR count). The van der Waals surface area contributed by atoms with Gasteiger partial charge in [-0.3, -0.25) is 0 Å². The van der Waals surface area contributed by atoms with E-state index in [2.05, 4.69) is 5.32 Å². The van der Waals surface area contributed by atoms with Crippen molar-refractivity contribution in [1.82, 2.24) is 5.32 Å². The first kappa shape index (κ1) is 20.3. The van der Waals surface area contributed by atoms with E-state index in [1.165, 1.54) is 18.2 Å². The highest BCUT2D eigenvalue weighted by molar-refractivity contribution is 5.95. The summed E-state index contributed by atoms with van der Waals surface area (Å²) in [5.74, 6) is -1.64. The van der Waals surface area contributed by atoms with Crippen LogP contribution in [0.3, 0.4) is 0 Å². The van der Waals surface area contributed by atoms with Gasteiger partial charge in [0.1, 0.15) is 18.0 Å². The minimum absolute atomic E-state index is 0.0740. The molecule has 0 saturated heterocycles. The van der Waals surface area contributed by atoms with Crippen molar-refractivity contribution in [2.75, 3.05) is 19.8 Å². The lowest BCUT2D eigenvalue weighted by Crippen LogP contribution is -2.34. The van der Waals surface area contributed by atoms with Crippen LogP contribution < -0.4 is 10.1 Å². The van der Waals surface area contributed by atoms with Crippen LogP contribution >= 0.6 is 0 Å². The number of esters is 1. The second-order valence-electron chi connectivity index (χ2n) is 6.05. The lowest BCUT2D eigenvalue weighted by atomic mass is 10.1. The van der Waals surface area contributed by atoms with Crippen molar-refractivity contribution in [3.05, 3.63) is 29.3 Å². The van der Waals surface area contributed by atoms with Gasteiger partial charge in [0.2, 0.25) is 0 Å². The Bertz CT molecular complexity index is 634. The number of ether oxygens (including phenoxy) is 3. The average molecular weight is 353 g/mol. The van der Waals surface area contributed by atoms with Crippen molar-refractivity contribution in [2.45, 2.75) is 33.3 Å². The van der Waals surface area contributed by atoms with Crippen LogP contribution in [0.2, 0.25) is 0 Å². The molecule has 0 aliphatic heterocycles. The Morgan fingerprint density at radius 2 is 1.76 bits per heavy atom. The molecule has 0 aliphatic carbocycles. The van der Waals surface area contributed by atoms with Crippen molar-refractivity contribution >= 4 is 18.0 Å². The average Bonchev–Trinajstić information content (AvgIpc) is 2.49. The number of hydrogen-bond donors (Lipinski definition) is 2. The van der Waals surface area contributed by atoms with Crippen LogP contribution in [-0.2, 0) is 9.47 Å². The molecule has 0 unspecified atom stereocenters. The smallest absolute Gasteiger partial charge is 0.407 e. The van der Waals surface area contributed by atoms with E-state index in [9.17, 15) is 14.4 Å². The number of benzene rings is 1. The number of carboxylic acids is 1. The zero-order chi connectivity index (χ0) is 19.0. The Morgan fingerprint density at radius 1 is 1.12 bits per heavy atom. The van der Waals surface area contributed by atoms with E-state index >= 15 is 0 Å². The van der Waals surface area contributed by atoms with Gasteiger partial charge in [0.15, 0.2) is 0 Å². The van der Waals surface area contributed by atoms with Crippen molar-refractivity contribution in [3.8, 4) is 5.75 Å². The van der Waals surface area contributed by atoms with Crippen LogP contribution in [0.25, 0.3) is 0 Å². The van der Waals surface area contributed by atoms with Crippen LogP contribution in [0.15, 0.2) is 18.2 Å². The highest BCUT2D eigenvalue weighted by Crippen LogP contribution is 2.18. The number of amides is 1. The Hall–Kier alpha value is -2.77. The minimum Gasteiger partial charge on any atom is -0.492 e. The summed E-state index contributed by atoms with van der Waals surface area (Å²) in [6.07, 6.45) is -0.581. The molecule has 0 radical (unpaired) electrons. The molecule has 8 heteroatoms. The van der Waals surface area contributed by atoms with Crippen molar-refractivity contribution in [1.29, 1.82) is 0 Å². The van der Waals surface area contributed by atoms with Gasteiger partial charge in [-0.2, -0.15) is 0 Å². The van der Waals surface area contributed by atoms with Crippen molar-refractivity contribution < 1.29 is 33.7 Å². The summed E-state index contributed by atoms with van der Waals surface area (Å²) >= 11 is 0. The largest absolute Gasteiger partial charge is 0.492 e. The van der Waals surface area contributed by atoms with Gasteiger partial charge in [0.25, 0.3) is 0 Å². The third-order valence-corrected chi connectivity index (χ3v) is 2.70. The quantitative estimate of drug-likeness (QED) is 0.572. The monoisotopic (exact) mass is 353 g/mol. The molecule has 1 aromatic carbocycles. The molecule has 0 bridgehead atoms. The Morgan fingerprint density at radius 3 is 2.32 bits per heavy atom. The maximum Gasteiger partial charge on any atom is 0.407 e. The van der Waals surface area contributed by atoms with E-state index in [1.54, 1.807) is 27.7 Å². The summed E-state index contributed by atoms with van der Waals surface area (Å²) in [6.45, 7) is 7.29. The van der Waals surface area contributed by atoms with Gasteiger partial charge in [-0.05, 0) is 45.9 Å². The molecule has 0 aliphatic rings. The fourth-order valence-corrected chi connectivity index (χ4v) is 1.77. The number of carbonyl (C=O) groups excluding carboxylic acids is 2. The highest BCUT2D eigenvalue weighted by atomic mass is 16.6. The molecule has 1 aromatic rings. The molecule has 25 heavy (non-hydrogen) atoms. The first-order valence-corrected chi connectivity index (χ1v) is 7.77. The number of carboxylic acid groups (broad SMARTS) is 1. The Balaban J connectivity index is 2.67. The number of carbonyl (C=O) groups is 3. The summed E-state index contributed by atoms with van der Waals surface area (Å²) in [5.41, 5.74) is -0.618. The zero-order valence-corrected chi connectivity index (χ0v) is 14.8. The topological polar surface area (TPSA) is 111 Å². The van der Waals surface area contributed by atoms with Gasteiger partial charge in [-0.25, -0.2) is 14.4 Å². The van der Waals surface area contributed by atoms with Crippen LogP contribution in [0.1, 0.15) is 48.4 Å². The van der Waals surface area contributed by atoms with E-state index < -0.39 is 23.6 Å². The maximum atomic E-state index is 11.8. The number of rotatable bonds is 7. The van der Waals surface area contributed by atoms with Crippen molar-refractivity contribution in [2.24, 2.45) is 0 Å². The van der Waals surface area contributed by atoms with E-state index in [0.717, 1.165) is 0 Å². The highest BCUT2D eigenvalue weighted by Gasteiger charge is 2.16. The van der Waals surface area contributed by atoms with Crippen LogP contribution in [0, 0.1) is 0 Å². The second kappa shape index (κ2) is 8.91. The van der Waals surface area contributed by atoms with Crippen LogP contribution in [0.5, 0.6) is 5.75 Å². The molecular weight excluding hydrogens is 330 g/mol. The lowest BCUT2D eigenvalue weighted by molar-refractivity contribution is 0.0514. The molecule has 0 heterocycles. The first-order valence-electron chi connectivity index (χ1n) is 7.77. The van der Waals surface area contributed by atoms with Crippen molar-refractivity contribution in [3.63, 3.8) is 0 Å². The molecule has 138 valence electrons. The molecule has 0 spiro atoms. The number of hydrogen-bond acceptors (Lipinski definition) is 6. The zero-order valence-electron chi connectivity index (χ0n) is 14.8. The normalized spacial score (nSPS) is 10.7. The summed E-state index contributed by atoms with van der Waals surface area (Å²) in [6, 6.07) is 3.89. The van der Waals surface area contributed by atoms with Gasteiger partial charge in [0, 0.05) is 0 Å². The molecular formula is C17H23NO7. The van der Waals surface area contributed by atoms with Gasteiger partial charge < -0.3 is 24.6 Å². The minimum atomic E-state index is -1.19. The van der Waals surface area contributed by atoms with Crippen LogP contribution in [0.4, 0.5) is 4.79 Å². The molecule has 8 nitrogen and oxygen atoms in total. The van der Waals surface area contributed by atoms with Crippen LogP contribution in [-0.4, -0.2) is 48.5 Å². The number of nitrogens with one attached hydrogen (secondary N) is 1. The summed E-state index contributed by atoms with van der Waals surface area (Å²) in [4.78, 5) is 34.4. The Labute approximate surface area is 146 Å². The van der Waals surface area contributed by atoms with E-state index in [-0.39, 0.29) is 36.6 Å². The molecule has 0 fully saturated rings. The fourth-order valence-electron chi connectivity index (χ4n) is 1.77. The molecule has 0 aromatic heterocycles. The number of alkyl carbamates (subject to hydrolysis) is 1. The SMILES string of the molecule is CCOC(=O)c1cc(OCCNC(=O)OC(C)(C)C)cc(C(=O)O)c1. The van der Waals surface area contributed by atoms with E-state index in [4.69, 9.17) is 19.3 Å². The lowest BCUT2D eigenvalue weighted by Gasteiger charge is -2.19. The molecule has 2 N–H and O–H groups in total.